The third-order valence-corrected chi connectivity index (χ3v) is 2.96. The summed E-state index contributed by atoms with van der Waals surface area (Å²) in [5.74, 6) is 0.0731. The van der Waals surface area contributed by atoms with Gasteiger partial charge in [-0.1, -0.05) is 0 Å². The Morgan fingerprint density at radius 3 is 2.53 bits per heavy atom. The second-order valence-corrected chi connectivity index (χ2v) is 5.87. The minimum Gasteiger partial charge on any atom is -0.323 e. The number of sulfone groups is 1. The van der Waals surface area contributed by atoms with E-state index in [0.717, 1.165) is 5.69 Å². The van der Waals surface area contributed by atoms with Crippen LogP contribution in [0.1, 0.15) is 23.9 Å². The van der Waals surface area contributed by atoms with Crippen molar-refractivity contribution in [1.82, 2.24) is 9.97 Å². The van der Waals surface area contributed by atoms with Gasteiger partial charge in [-0.15, -0.1) is 0 Å². The maximum atomic E-state index is 10.9. The first kappa shape index (κ1) is 12.1. The van der Waals surface area contributed by atoms with E-state index >= 15 is 0 Å². The molecule has 1 atom stereocenters. The molecule has 5 nitrogen and oxygen atoms in total. The van der Waals surface area contributed by atoms with Crippen LogP contribution in [0.5, 0.6) is 0 Å². The molecule has 1 aromatic rings. The highest BCUT2D eigenvalue weighted by atomic mass is 32.2. The summed E-state index contributed by atoms with van der Waals surface area (Å²) in [4.78, 5) is 8.15. The molecule has 84 valence electrons. The number of hydrogen-bond acceptors (Lipinski definition) is 5. The number of aryl methyl sites for hydroxylation is 1. The van der Waals surface area contributed by atoms with Crippen LogP contribution in [0, 0.1) is 6.92 Å². The van der Waals surface area contributed by atoms with Crippen molar-refractivity contribution in [2.75, 3.05) is 12.0 Å². The lowest BCUT2D eigenvalue weighted by Gasteiger charge is -2.09. The third-order valence-electron chi connectivity index (χ3n) is 1.98. The van der Waals surface area contributed by atoms with Gasteiger partial charge < -0.3 is 5.73 Å². The summed E-state index contributed by atoms with van der Waals surface area (Å²) < 4.78 is 21.9. The number of hydrogen-bond donors (Lipinski definition) is 1. The highest BCUT2D eigenvalue weighted by Gasteiger charge is 2.11. The normalized spacial score (nSPS) is 13.8. The Hall–Kier alpha value is -1.01. The largest absolute Gasteiger partial charge is 0.323 e. The fraction of sp³-hybridized carbons (Fsp3) is 0.556. The first-order chi connectivity index (χ1) is 6.88. The third kappa shape index (κ3) is 4.35. The molecule has 1 rings (SSSR count). The van der Waals surface area contributed by atoms with E-state index in [4.69, 9.17) is 5.73 Å². The van der Waals surface area contributed by atoms with Gasteiger partial charge in [-0.2, -0.15) is 0 Å². The summed E-state index contributed by atoms with van der Waals surface area (Å²) in [7, 11) is -2.96. The number of nitrogens with zero attached hydrogens (tertiary/aromatic N) is 2. The number of rotatable bonds is 4. The monoisotopic (exact) mass is 229 g/mol. The standard InChI is InChI=1S/C9H15N3O2S/c1-7-5-12-9(6-11-7)8(10)3-4-15(2,13)14/h5-6,8H,3-4,10H2,1-2H3. The van der Waals surface area contributed by atoms with E-state index in [1.54, 1.807) is 12.4 Å². The van der Waals surface area contributed by atoms with E-state index in [0.29, 0.717) is 12.1 Å². The molecule has 0 saturated heterocycles. The van der Waals surface area contributed by atoms with Crippen LogP contribution in [0.4, 0.5) is 0 Å². The lowest BCUT2D eigenvalue weighted by atomic mass is 10.2. The molecule has 0 spiro atoms. The van der Waals surface area contributed by atoms with Crippen LogP contribution in [0.3, 0.4) is 0 Å². The fourth-order valence-electron chi connectivity index (χ4n) is 1.08. The first-order valence-corrected chi connectivity index (χ1v) is 6.66. The molecule has 1 aromatic heterocycles. The van der Waals surface area contributed by atoms with Gasteiger partial charge in [-0.3, -0.25) is 9.97 Å². The maximum absolute atomic E-state index is 10.9. The highest BCUT2D eigenvalue weighted by Crippen LogP contribution is 2.10. The Bertz CT molecular complexity index is 413. The van der Waals surface area contributed by atoms with Gasteiger partial charge in [0.2, 0.25) is 0 Å². The van der Waals surface area contributed by atoms with E-state index < -0.39 is 9.84 Å². The molecule has 0 fully saturated rings. The Balaban J connectivity index is 2.61. The van der Waals surface area contributed by atoms with E-state index in [9.17, 15) is 8.42 Å². The summed E-state index contributed by atoms with van der Waals surface area (Å²) in [6, 6.07) is -0.368. The van der Waals surface area contributed by atoms with Crippen LogP contribution in [0.25, 0.3) is 0 Å². The molecule has 1 heterocycles. The Morgan fingerprint density at radius 2 is 2.07 bits per heavy atom. The Morgan fingerprint density at radius 1 is 1.40 bits per heavy atom. The van der Waals surface area contributed by atoms with Crippen molar-refractivity contribution in [1.29, 1.82) is 0 Å². The first-order valence-electron chi connectivity index (χ1n) is 4.60. The molecule has 1 unspecified atom stereocenters. The Kier molecular flexibility index (Phi) is 3.76. The zero-order valence-electron chi connectivity index (χ0n) is 8.84. The van der Waals surface area contributed by atoms with Gasteiger partial charge in [0.1, 0.15) is 9.84 Å². The molecule has 0 aromatic carbocycles. The maximum Gasteiger partial charge on any atom is 0.147 e. The lowest BCUT2D eigenvalue weighted by Crippen LogP contribution is -2.17. The van der Waals surface area contributed by atoms with Gasteiger partial charge in [0.25, 0.3) is 0 Å². The van der Waals surface area contributed by atoms with Crippen molar-refractivity contribution in [2.45, 2.75) is 19.4 Å². The molecule has 0 aliphatic carbocycles. The molecule has 2 N–H and O–H groups in total. The van der Waals surface area contributed by atoms with Gasteiger partial charge in [0, 0.05) is 18.5 Å². The van der Waals surface area contributed by atoms with Gasteiger partial charge in [-0.25, -0.2) is 8.42 Å². The topological polar surface area (TPSA) is 85.9 Å². The van der Waals surface area contributed by atoms with Crippen LogP contribution in [0.15, 0.2) is 12.4 Å². The molecule has 0 saturated carbocycles. The smallest absolute Gasteiger partial charge is 0.147 e. The highest BCUT2D eigenvalue weighted by molar-refractivity contribution is 7.90. The Labute approximate surface area is 89.7 Å². The van der Waals surface area contributed by atoms with Crippen molar-refractivity contribution in [3.63, 3.8) is 0 Å². The molecule has 0 aliphatic heterocycles. The molecular formula is C9H15N3O2S. The summed E-state index contributed by atoms with van der Waals surface area (Å²) in [5, 5.41) is 0. The fourth-order valence-corrected chi connectivity index (χ4v) is 1.77. The van der Waals surface area contributed by atoms with Crippen LogP contribution < -0.4 is 5.73 Å². The number of aromatic nitrogens is 2. The van der Waals surface area contributed by atoms with Crippen molar-refractivity contribution < 1.29 is 8.42 Å². The lowest BCUT2D eigenvalue weighted by molar-refractivity contribution is 0.589. The molecule has 6 heteroatoms. The molecule has 0 aliphatic rings. The quantitative estimate of drug-likeness (QED) is 0.798. The van der Waals surface area contributed by atoms with Gasteiger partial charge >= 0.3 is 0 Å². The van der Waals surface area contributed by atoms with Crippen LogP contribution in [-0.4, -0.2) is 30.4 Å². The summed E-state index contributed by atoms with van der Waals surface area (Å²) in [6.07, 6.45) is 4.77. The zero-order chi connectivity index (χ0) is 11.5. The predicted molar refractivity (Wildman–Crippen MR) is 58.0 cm³/mol. The summed E-state index contributed by atoms with van der Waals surface area (Å²) >= 11 is 0. The SMILES string of the molecule is Cc1cnc(C(N)CCS(C)(=O)=O)cn1. The molecule has 0 amide bonds. The average molecular weight is 229 g/mol. The van der Waals surface area contributed by atoms with Crippen molar-refractivity contribution >= 4 is 9.84 Å². The molecule has 0 radical (unpaired) electrons. The summed E-state index contributed by atoms with van der Waals surface area (Å²) in [5.41, 5.74) is 7.23. The second-order valence-electron chi connectivity index (χ2n) is 3.61. The van der Waals surface area contributed by atoms with Gasteiger partial charge in [-0.05, 0) is 13.3 Å². The van der Waals surface area contributed by atoms with E-state index in [2.05, 4.69) is 9.97 Å². The van der Waals surface area contributed by atoms with Gasteiger partial charge in [0.15, 0.2) is 0 Å². The van der Waals surface area contributed by atoms with E-state index in [1.807, 2.05) is 6.92 Å². The van der Waals surface area contributed by atoms with E-state index in [1.165, 1.54) is 6.26 Å². The molecule has 0 bridgehead atoms. The molecule has 15 heavy (non-hydrogen) atoms. The average Bonchev–Trinajstić information content (AvgIpc) is 2.14. The minimum atomic E-state index is -2.96. The second kappa shape index (κ2) is 4.67. The predicted octanol–water partition coefficient (Wildman–Crippen LogP) is 0.220. The van der Waals surface area contributed by atoms with E-state index in [-0.39, 0.29) is 11.8 Å². The molecular weight excluding hydrogens is 214 g/mol. The van der Waals surface area contributed by atoms with Crippen molar-refractivity contribution in [3.05, 3.63) is 23.8 Å². The van der Waals surface area contributed by atoms with Crippen molar-refractivity contribution in [2.24, 2.45) is 5.73 Å². The summed E-state index contributed by atoms with van der Waals surface area (Å²) in [6.45, 7) is 1.83. The van der Waals surface area contributed by atoms with Crippen LogP contribution in [0.2, 0.25) is 0 Å². The minimum absolute atomic E-state index is 0.0731. The zero-order valence-corrected chi connectivity index (χ0v) is 9.66. The van der Waals surface area contributed by atoms with Crippen LogP contribution >= 0.6 is 0 Å². The number of nitrogens with two attached hydrogens (primary N) is 1. The van der Waals surface area contributed by atoms with Gasteiger partial charge in [0.05, 0.1) is 23.3 Å². The van der Waals surface area contributed by atoms with Crippen molar-refractivity contribution in [3.8, 4) is 0 Å². The van der Waals surface area contributed by atoms with Crippen LogP contribution in [-0.2, 0) is 9.84 Å².